The van der Waals surface area contributed by atoms with Crippen LogP contribution in [0, 0.1) is 0 Å². The minimum Gasteiger partial charge on any atom is -0.157 e. The van der Waals surface area contributed by atoms with Gasteiger partial charge in [-0.25, -0.2) is 0 Å². The molecule has 0 N–H and O–H groups in total. The van der Waals surface area contributed by atoms with Crippen molar-refractivity contribution < 1.29 is 4.57 Å². The standard InChI is InChI=1S/C9H8NS/c1-2-10-7-11-9-6-4-3-5-8(9)10/h2-7H,1H2/q+1. The van der Waals surface area contributed by atoms with Crippen LogP contribution in [-0.4, -0.2) is 0 Å². The first-order chi connectivity index (χ1) is 5.42. The summed E-state index contributed by atoms with van der Waals surface area (Å²) in [7, 11) is 0. The molecule has 1 nitrogen and oxygen atoms in total. The molecule has 0 aliphatic rings. The van der Waals surface area contributed by atoms with Crippen molar-refractivity contribution in [3.05, 3.63) is 36.4 Å². The van der Waals surface area contributed by atoms with E-state index in [1.807, 2.05) is 22.9 Å². The van der Waals surface area contributed by atoms with Gasteiger partial charge in [0.2, 0.25) is 11.0 Å². The van der Waals surface area contributed by atoms with Gasteiger partial charge in [-0.15, -0.1) is 0 Å². The van der Waals surface area contributed by atoms with Gasteiger partial charge in [-0.2, -0.15) is 4.57 Å². The van der Waals surface area contributed by atoms with Gasteiger partial charge in [0.15, 0.2) is 6.20 Å². The Morgan fingerprint density at radius 2 is 2.18 bits per heavy atom. The van der Waals surface area contributed by atoms with Crippen LogP contribution in [0.15, 0.2) is 36.4 Å². The molecule has 54 valence electrons. The van der Waals surface area contributed by atoms with Gasteiger partial charge in [-0.3, -0.25) is 0 Å². The Hall–Kier alpha value is -1.15. The van der Waals surface area contributed by atoms with Gasteiger partial charge in [0.25, 0.3) is 0 Å². The lowest BCUT2D eigenvalue weighted by Gasteiger charge is -1.81. The topological polar surface area (TPSA) is 3.88 Å². The van der Waals surface area contributed by atoms with Crippen molar-refractivity contribution in [2.24, 2.45) is 0 Å². The fraction of sp³-hybridized carbons (Fsp3) is 0. The van der Waals surface area contributed by atoms with E-state index in [0.29, 0.717) is 0 Å². The van der Waals surface area contributed by atoms with Gasteiger partial charge in [0.1, 0.15) is 4.70 Å². The maximum atomic E-state index is 3.72. The van der Waals surface area contributed by atoms with E-state index < -0.39 is 0 Å². The van der Waals surface area contributed by atoms with Gasteiger partial charge in [0, 0.05) is 6.07 Å². The fourth-order valence-corrected chi connectivity index (χ4v) is 1.96. The summed E-state index contributed by atoms with van der Waals surface area (Å²) in [6, 6.07) is 8.29. The molecule has 0 aliphatic heterocycles. The highest BCUT2D eigenvalue weighted by molar-refractivity contribution is 7.16. The van der Waals surface area contributed by atoms with Gasteiger partial charge in [-0.1, -0.05) is 23.5 Å². The molecule has 0 fully saturated rings. The summed E-state index contributed by atoms with van der Waals surface area (Å²) in [5, 5.41) is 0. The Balaban J connectivity index is 2.86. The number of aromatic nitrogens is 1. The molecule has 11 heavy (non-hydrogen) atoms. The zero-order chi connectivity index (χ0) is 7.68. The van der Waals surface area contributed by atoms with E-state index in [9.17, 15) is 0 Å². The molecule has 2 rings (SSSR count). The van der Waals surface area contributed by atoms with Crippen LogP contribution in [0.25, 0.3) is 16.4 Å². The van der Waals surface area contributed by atoms with Crippen LogP contribution in [-0.2, 0) is 0 Å². The third-order valence-electron chi connectivity index (χ3n) is 1.63. The average molecular weight is 162 g/mol. The number of thiazole rings is 1. The second kappa shape index (κ2) is 2.47. The van der Waals surface area contributed by atoms with Gasteiger partial charge in [-0.05, 0) is 12.6 Å². The average Bonchev–Trinajstić information content (AvgIpc) is 2.47. The molecule has 0 atom stereocenters. The van der Waals surface area contributed by atoms with Crippen LogP contribution in [0.2, 0.25) is 0 Å². The summed E-state index contributed by atoms with van der Waals surface area (Å²) >= 11 is 1.73. The number of rotatable bonds is 1. The lowest BCUT2D eigenvalue weighted by Crippen LogP contribution is -2.21. The van der Waals surface area contributed by atoms with E-state index in [4.69, 9.17) is 0 Å². The Kier molecular flexibility index (Phi) is 1.47. The third-order valence-corrected chi connectivity index (χ3v) is 2.57. The van der Waals surface area contributed by atoms with Crippen molar-refractivity contribution in [3.63, 3.8) is 0 Å². The first-order valence-electron chi connectivity index (χ1n) is 3.42. The fourth-order valence-electron chi connectivity index (χ4n) is 1.08. The second-order valence-corrected chi connectivity index (χ2v) is 3.17. The first kappa shape index (κ1) is 6.55. The highest BCUT2D eigenvalue weighted by atomic mass is 32.1. The molecule has 0 aliphatic carbocycles. The summed E-state index contributed by atoms with van der Waals surface area (Å²) in [6.07, 6.45) is 1.82. The summed E-state index contributed by atoms with van der Waals surface area (Å²) < 4.78 is 3.33. The third kappa shape index (κ3) is 0.955. The number of fused-ring (bicyclic) bond motifs is 1. The maximum Gasteiger partial charge on any atom is 0.231 e. The zero-order valence-corrected chi connectivity index (χ0v) is 6.84. The molecule has 2 aromatic rings. The number of benzene rings is 1. The lowest BCUT2D eigenvalue weighted by molar-refractivity contribution is -0.533. The van der Waals surface area contributed by atoms with E-state index in [2.05, 4.69) is 24.2 Å². The highest BCUT2D eigenvalue weighted by Crippen LogP contribution is 2.14. The van der Waals surface area contributed by atoms with Gasteiger partial charge >= 0.3 is 0 Å². The number of nitrogens with zero attached hydrogens (tertiary/aromatic N) is 1. The predicted octanol–water partition coefficient (Wildman–Crippen LogP) is 2.29. The van der Waals surface area contributed by atoms with Crippen molar-refractivity contribution in [1.29, 1.82) is 0 Å². The van der Waals surface area contributed by atoms with Gasteiger partial charge in [0.05, 0.1) is 0 Å². The summed E-state index contributed by atoms with van der Waals surface area (Å²) in [5.41, 5.74) is 3.28. The molecule has 0 spiro atoms. The molecule has 0 saturated heterocycles. The number of para-hydroxylation sites is 1. The van der Waals surface area contributed by atoms with Crippen LogP contribution >= 0.6 is 11.3 Å². The summed E-state index contributed by atoms with van der Waals surface area (Å²) in [4.78, 5) is 0. The van der Waals surface area contributed by atoms with Crippen LogP contribution in [0.1, 0.15) is 0 Å². The van der Waals surface area contributed by atoms with E-state index >= 15 is 0 Å². The monoisotopic (exact) mass is 162 g/mol. The predicted molar refractivity (Wildman–Crippen MR) is 48.4 cm³/mol. The molecule has 1 aromatic heterocycles. The van der Waals surface area contributed by atoms with E-state index in [-0.39, 0.29) is 0 Å². The molecule has 1 aromatic carbocycles. The summed E-state index contributed by atoms with van der Waals surface area (Å²) in [6.45, 7) is 3.72. The van der Waals surface area contributed by atoms with Gasteiger partial charge < -0.3 is 0 Å². The smallest absolute Gasteiger partial charge is 0.157 e. The minimum absolute atomic E-state index is 1.23. The maximum absolute atomic E-state index is 3.72. The van der Waals surface area contributed by atoms with Crippen LogP contribution in [0.5, 0.6) is 0 Å². The molecule has 0 saturated carbocycles. The SMILES string of the molecule is C=C[n+]1csc2ccccc21. The molecular weight excluding hydrogens is 154 g/mol. The van der Waals surface area contributed by atoms with Crippen molar-refractivity contribution in [3.8, 4) is 0 Å². The molecule has 0 radical (unpaired) electrons. The molecule has 1 heterocycles. The van der Waals surface area contributed by atoms with Crippen LogP contribution in [0.3, 0.4) is 0 Å². The molecule has 0 bridgehead atoms. The second-order valence-electron chi connectivity index (χ2n) is 2.28. The van der Waals surface area contributed by atoms with Crippen molar-refractivity contribution in [1.82, 2.24) is 0 Å². The highest BCUT2D eigenvalue weighted by Gasteiger charge is 2.05. The molecular formula is C9H8NS+. The van der Waals surface area contributed by atoms with E-state index in [1.54, 1.807) is 11.3 Å². The molecule has 2 heteroatoms. The lowest BCUT2D eigenvalue weighted by atomic mass is 10.3. The van der Waals surface area contributed by atoms with Crippen molar-refractivity contribution in [2.45, 2.75) is 0 Å². The van der Waals surface area contributed by atoms with Crippen LogP contribution in [0.4, 0.5) is 0 Å². The normalized spacial score (nSPS) is 10.2. The number of hydrogen-bond acceptors (Lipinski definition) is 1. The minimum atomic E-state index is 1.23. The van der Waals surface area contributed by atoms with Crippen molar-refractivity contribution >= 4 is 27.8 Å². The summed E-state index contributed by atoms with van der Waals surface area (Å²) in [5.74, 6) is 0. The Labute approximate surface area is 69.2 Å². The van der Waals surface area contributed by atoms with E-state index in [0.717, 1.165) is 0 Å². The Morgan fingerprint density at radius 3 is 3.00 bits per heavy atom. The van der Waals surface area contributed by atoms with E-state index in [1.165, 1.54) is 10.2 Å². The first-order valence-corrected chi connectivity index (χ1v) is 4.30. The quantitative estimate of drug-likeness (QED) is 0.566. The van der Waals surface area contributed by atoms with Crippen molar-refractivity contribution in [2.75, 3.05) is 0 Å². The van der Waals surface area contributed by atoms with Crippen LogP contribution < -0.4 is 4.57 Å². The molecule has 0 amide bonds. The number of hydrogen-bond donors (Lipinski definition) is 0. The Bertz CT molecular complexity index is 389. The largest absolute Gasteiger partial charge is 0.231 e. The molecule has 0 unspecified atom stereocenters. The zero-order valence-electron chi connectivity index (χ0n) is 6.03. The Morgan fingerprint density at radius 1 is 1.36 bits per heavy atom.